The van der Waals surface area contributed by atoms with Crippen LogP contribution in [0.3, 0.4) is 0 Å². The van der Waals surface area contributed by atoms with Gasteiger partial charge < -0.3 is 10.1 Å². The first-order valence-corrected chi connectivity index (χ1v) is 12.8. The first kappa shape index (κ1) is 24.6. The summed E-state index contributed by atoms with van der Waals surface area (Å²) in [5, 5.41) is 7.56. The number of ether oxygens (including phenoxy) is 1. The Hall–Kier alpha value is -3.57. The van der Waals surface area contributed by atoms with Crippen molar-refractivity contribution in [3.05, 3.63) is 59.2 Å². The van der Waals surface area contributed by atoms with Gasteiger partial charge in [0.15, 0.2) is 6.10 Å². The van der Waals surface area contributed by atoms with Crippen LogP contribution in [0.1, 0.15) is 70.1 Å². The number of nitrogens with two attached hydrogens (primary N) is 1. The van der Waals surface area contributed by atoms with E-state index in [-0.39, 0.29) is 39.2 Å². The average molecular weight is 500 g/mol. The monoisotopic (exact) mass is 499 g/mol. The van der Waals surface area contributed by atoms with Crippen LogP contribution in [0, 0.1) is 0 Å². The summed E-state index contributed by atoms with van der Waals surface area (Å²) in [6, 6.07) is 9.22. The summed E-state index contributed by atoms with van der Waals surface area (Å²) in [4.78, 5) is 52.0. The number of rotatable bonds is 6. The number of fused-ring (bicyclic) bond motifs is 1. The Balaban J connectivity index is 1.41. The maximum Gasteiger partial charge on any atom is 0.338 e. The molecule has 1 unspecified atom stereocenters. The minimum absolute atomic E-state index is 0.0487. The molecule has 0 bridgehead atoms. The minimum Gasteiger partial charge on any atom is -0.449 e. The van der Waals surface area contributed by atoms with Crippen molar-refractivity contribution in [1.29, 1.82) is 0 Å². The smallest absolute Gasteiger partial charge is 0.338 e. The summed E-state index contributed by atoms with van der Waals surface area (Å²) in [5.74, 6) is -2.23. The highest BCUT2D eigenvalue weighted by Crippen LogP contribution is 2.31. The number of carbonyl (C=O) groups excluding carboxylic acids is 4. The van der Waals surface area contributed by atoms with Gasteiger partial charge in [-0.1, -0.05) is 19.3 Å². The molecule has 0 aromatic heterocycles. The number of hydrogen-bond acceptors (Lipinski definition) is 7. The molecule has 1 saturated carbocycles. The van der Waals surface area contributed by atoms with Gasteiger partial charge in [-0.25, -0.2) is 18.4 Å². The van der Waals surface area contributed by atoms with Gasteiger partial charge in [0, 0.05) is 11.7 Å². The zero-order valence-electron chi connectivity index (χ0n) is 19.0. The van der Waals surface area contributed by atoms with E-state index in [1.165, 1.54) is 54.3 Å². The van der Waals surface area contributed by atoms with E-state index in [0.29, 0.717) is 0 Å². The Morgan fingerprint density at radius 3 is 2.26 bits per heavy atom. The standard InChI is InChI=1S/C24H25N3O7S/c1-14(21(28)26-16-8-10-18(11-9-16)35(25,32)33)34-24(31)15-7-12-19-20(13-15)23(30)27(22(19)29)17-5-3-2-4-6-17/h7-14,17H,2-6H2,1H3,(H,26,28)(H2,25,32,33). The van der Waals surface area contributed by atoms with Crippen molar-refractivity contribution in [3.8, 4) is 0 Å². The largest absolute Gasteiger partial charge is 0.449 e. The second-order valence-corrected chi connectivity index (χ2v) is 10.2. The first-order chi connectivity index (χ1) is 16.6. The van der Waals surface area contributed by atoms with Crippen LogP contribution in [-0.2, 0) is 19.6 Å². The molecule has 11 heteroatoms. The van der Waals surface area contributed by atoms with Crippen molar-refractivity contribution in [3.63, 3.8) is 0 Å². The highest BCUT2D eigenvalue weighted by Gasteiger charge is 2.40. The van der Waals surface area contributed by atoms with Gasteiger partial charge in [0.1, 0.15) is 0 Å². The molecule has 1 atom stereocenters. The van der Waals surface area contributed by atoms with E-state index in [0.717, 1.165) is 32.1 Å². The maximum absolute atomic E-state index is 12.9. The highest BCUT2D eigenvalue weighted by molar-refractivity contribution is 7.89. The van der Waals surface area contributed by atoms with Gasteiger partial charge in [-0.3, -0.25) is 19.3 Å². The number of anilines is 1. The third-order valence-electron chi connectivity index (χ3n) is 6.20. The predicted molar refractivity (Wildman–Crippen MR) is 125 cm³/mol. The van der Waals surface area contributed by atoms with E-state index in [1.807, 2.05) is 0 Å². The molecule has 1 fully saturated rings. The van der Waals surface area contributed by atoms with Gasteiger partial charge in [-0.15, -0.1) is 0 Å². The van der Waals surface area contributed by atoms with Crippen LogP contribution in [0.15, 0.2) is 47.4 Å². The number of amides is 3. The molecule has 0 radical (unpaired) electrons. The molecule has 0 saturated heterocycles. The summed E-state index contributed by atoms with van der Waals surface area (Å²) in [7, 11) is -3.86. The topological polar surface area (TPSA) is 153 Å². The average Bonchev–Trinajstić information content (AvgIpc) is 3.08. The number of nitrogens with one attached hydrogen (secondary N) is 1. The summed E-state index contributed by atoms with van der Waals surface area (Å²) in [5.41, 5.74) is 0.746. The van der Waals surface area contributed by atoms with E-state index in [2.05, 4.69) is 5.32 Å². The Morgan fingerprint density at radius 1 is 1.00 bits per heavy atom. The fraction of sp³-hybridized carbons (Fsp3) is 0.333. The van der Waals surface area contributed by atoms with Crippen LogP contribution in [0.2, 0.25) is 0 Å². The van der Waals surface area contributed by atoms with E-state index < -0.39 is 33.9 Å². The number of hydrogen-bond donors (Lipinski definition) is 2. The Labute approximate surface area is 202 Å². The van der Waals surface area contributed by atoms with Gasteiger partial charge in [-0.05, 0) is 62.2 Å². The van der Waals surface area contributed by atoms with Crippen LogP contribution < -0.4 is 10.5 Å². The molecule has 1 aliphatic carbocycles. The quantitative estimate of drug-likeness (QED) is 0.457. The molecule has 184 valence electrons. The van der Waals surface area contributed by atoms with Gasteiger partial charge in [-0.2, -0.15) is 0 Å². The first-order valence-electron chi connectivity index (χ1n) is 11.2. The Bertz CT molecular complexity index is 1300. The van der Waals surface area contributed by atoms with Gasteiger partial charge in [0.2, 0.25) is 10.0 Å². The third kappa shape index (κ3) is 5.10. The molecule has 2 aromatic rings. The van der Waals surface area contributed by atoms with E-state index in [1.54, 1.807) is 0 Å². The predicted octanol–water partition coefficient (Wildman–Crippen LogP) is 2.45. The normalized spacial score (nSPS) is 17.1. The van der Waals surface area contributed by atoms with Crippen LogP contribution in [0.5, 0.6) is 0 Å². The van der Waals surface area contributed by atoms with Crippen molar-refractivity contribution in [1.82, 2.24) is 4.90 Å². The Morgan fingerprint density at radius 2 is 1.63 bits per heavy atom. The molecule has 1 aliphatic heterocycles. The maximum atomic E-state index is 12.9. The zero-order valence-corrected chi connectivity index (χ0v) is 19.8. The molecule has 0 spiro atoms. The van der Waals surface area contributed by atoms with E-state index in [9.17, 15) is 27.6 Å². The molecule has 3 N–H and O–H groups in total. The lowest BCUT2D eigenvalue weighted by molar-refractivity contribution is -0.123. The lowest BCUT2D eigenvalue weighted by Crippen LogP contribution is -2.40. The molecule has 35 heavy (non-hydrogen) atoms. The number of primary sulfonamides is 1. The van der Waals surface area contributed by atoms with E-state index in [4.69, 9.17) is 9.88 Å². The SMILES string of the molecule is CC(OC(=O)c1ccc2c(c1)C(=O)N(C1CCCCC1)C2=O)C(=O)Nc1ccc(S(N)(=O)=O)cc1. The van der Waals surface area contributed by atoms with Gasteiger partial charge in [0.05, 0.1) is 21.6 Å². The second-order valence-electron chi connectivity index (χ2n) is 8.64. The molecule has 2 aliphatic rings. The summed E-state index contributed by atoms with van der Waals surface area (Å²) in [6.07, 6.45) is 3.38. The molecule has 10 nitrogen and oxygen atoms in total. The van der Waals surface area contributed by atoms with Crippen molar-refractivity contribution in [2.75, 3.05) is 5.32 Å². The molecule has 2 aromatic carbocycles. The van der Waals surface area contributed by atoms with Crippen LogP contribution >= 0.6 is 0 Å². The lowest BCUT2D eigenvalue weighted by Gasteiger charge is -2.29. The number of benzene rings is 2. The van der Waals surface area contributed by atoms with Gasteiger partial charge >= 0.3 is 5.97 Å². The van der Waals surface area contributed by atoms with Crippen molar-refractivity contribution < 1.29 is 32.3 Å². The number of nitrogens with zero attached hydrogens (tertiary/aromatic N) is 1. The fourth-order valence-corrected chi connectivity index (χ4v) is 4.83. The molecule has 1 heterocycles. The molecule has 4 rings (SSSR count). The van der Waals surface area contributed by atoms with Crippen LogP contribution in [0.25, 0.3) is 0 Å². The van der Waals surface area contributed by atoms with Gasteiger partial charge in [0.25, 0.3) is 17.7 Å². The Kier molecular flexibility index (Phi) is 6.73. The highest BCUT2D eigenvalue weighted by atomic mass is 32.2. The fourth-order valence-electron chi connectivity index (χ4n) is 4.31. The van der Waals surface area contributed by atoms with Crippen LogP contribution in [-0.4, -0.2) is 49.2 Å². The molecular weight excluding hydrogens is 474 g/mol. The van der Waals surface area contributed by atoms with Crippen molar-refractivity contribution in [2.24, 2.45) is 5.14 Å². The minimum atomic E-state index is -3.86. The molecule has 3 amide bonds. The summed E-state index contributed by atoms with van der Waals surface area (Å²) in [6.45, 7) is 1.37. The third-order valence-corrected chi connectivity index (χ3v) is 7.13. The number of carbonyl (C=O) groups is 4. The second kappa shape index (κ2) is 9.59. The number of esters is 1. The summed E-state index contributed by atoms with van der Waals surface area (Å²) >= 11 is 0. The van der Waals surface area contributed by atoms with Crippen LogP contribution in [0.4, 0.5) is 5.69 Å². The zero-order chi connectivity index (χ0) is 25.3. The van der Waals surface area contributed by atoms with Crippen molar-refractivity contribution >= 4 is 39.4 Å². The number of imide groups is 1. The van der Waals surface area contributed by atoms with Crippen molar-refractivity contribution in [2.45, 2.75) is 56.1 Å². The molecular formula is C24H25N3O7S. The number of sulfonamides is 1. The summed E-state index contributed by atoms with van der Waals surface area (Å²) < 4.78 is 27.9. The lowest BCUT2D eigenvalue weighted by atomic mass is 9.94. The van der Waals surface area contributed by atoms with E-state index >= 15 is 0 Å².